The molecule has 1 aliphatic heterocycles. The fourth-order valence-corrected chi connectivity index (χ4v) is 5.45. The number of carbonyl (C=O) groups is 1. The Labute approximate surface area is 188 Å². The van der Waals surface area contributed by atoms with E-state index in [0.717, 1.165) is 56.0 Å². The quantitative estimate of drug-likeness (QED) is 0.664. The van der Waals surface area contributed by atoms with Gasteiger partial charge in [0.15, 0.2) is 0 Å². The number of anilines is 2. The summed E-state index contributed by atoms with van der Waals surface area (Å²) in [5.74, 6) is -0.294. The van der Waals surface area contributed by atoms with Crippen LogP contribution in [0.4, 0.5) is 15.8 Å². The Hall–Kier alpha value is -1.99. The largest absolute Gasteiger partial charge is 0.369 e. The summed E-state index contributed by atoms with van der Waals surface area (Å²) >= 11 is 1.68. The van der Waals surface area contributed by atoms with Crippen molar-refractivity contribution in [1.82, 2.24) is 9.88 Å². The molecule has 2 aromatic rings. The molecule has 1 aromatic heterocycles. The Morgan fingerprint density at radius 1 is 1.23 bits per heavy atom. The molecule has 168 valence electrons. The lowest BCUT2D eigenvalue weighted by molar-refractivity contribution is -0.121. The molecule has 1 saturated heterocycles. The van der Waals surface area contributed by atoms with Crippen molar-refractivity contribution in [2.24, 2.45) is 5.92 Å². The molecule has 0 unspecified atom stereocenters. The Balaban J connectivity index is 1.29. The van der Waals surface area contributed by atoms with Crippen molar-refractivity contribution in [3.8, 4) is 0 Å². The molecule has 2 heterocycles. The van der Waals surface area contributed by atoms with Crippen molar-refractivity contribution in [1.29, 1.82) is 0 Å². The minimum absolute atomic E-state index is 0.00284. The molecule has 0 atom stereocenters. The number of nitrogens with one attached hydrogen (secondary N) is 1. The average molecular weight is 445 g/mol. The van der Waals surface area contributed by atoms with Gasteiger partial charge in [-0.25, -0.2) is 9.37 Å². The number of aromatic nitrogens is 1. The van der Waals surface area contributed by atoms with Crippen molar-refractivity contribution in [3.63, 3.8) is 0 Å². The Bertz CT molecular complexity index is 887. The van der Waals surface area contributed by atoms with Crippen LogP contribution in [0.1, 0.15) is 55.6 Å². The van der Waals surface area contributed by atoms with Gasteiger partial charge in [0.2, 0.25) is 5.91 Å². The maximum atomic E-state index is 14.8. The van der Waals surface area contributed by atoms with Crippen LogP contribution in [0, 0.1) is 18.7 Å². The van der Waals surface area contributed by atoms with Crippen LogP contribution in [0.5, 0.6) is 0 Å². The first-order valence-corrected chi connectivity index (χ1v) is 12.3. The van der Waals surface area contributed by atoms with Gasteiger partial charge in [-0.1, -0.05) is 19.3 Å². The van der Waals surface area contributed by atoms with Crippen LogP contribution in [0.2, 0.25) is 0 Å². The summed E-state index contributed by atoms with van der Waals surface area (Å²) in [4.78, 5) is 21.7. The number of likely N-dealkylation sites (tertiary alicyclic amines) is 1. The maximum Gasteiger partial charge on any atom is 0.227 e. The number of rotatable bonds is 6. The van der Waals surface area contributed by atoms with Gasteiger partial charge < -0.3 is 10.2 Å². The molecule has 1 aromatic carbocycles. The summed E-state index contributed by atoms with van der Waals surface area (Å²) in [6.07, 6.45) is 7.59. The minimum Gasteiger partial charge on any atom is -0.369 e. The Kier molecular flexibility index (Phi) is 7.23. The summed E-state index contributed by atoms with van der Waals surface area (Å²) in [6, 6.07) is 5.50. The SMILES string of the molecule is Cc1nc(CN2CCC(C(=O)Nc3ccc(N(C)C4CCCCC4)c(F)c3)CC2)cs1. The number of hydrogen-bond donors (Lipinski definition) is 1. The predicted octanol–water partition coefficient (Wildman–Crippen LogP) is 5.21. The number of benzene rings is 1. The molecule has 2 aliphatic rings. The van der Waals surface area contributed by atoms with Gasteiger partial charge in [-0.05, 0) is 63.9 Å². The van der Waals surface area contributed by atoms with E-state index >= 15 is 0 Å². The summed E-state index contributed by atoms with van der Waals surface area (Å²) in [6.45, 7) is 4.64. The maximum absolute atomic E-state index is 14.8. The van der Waals surface area contributed by atoms with Crippen molar-refractivity contribution in [3.05, 3.63) is 40.1 Å². The summed E-state index contributed by atoms with van der Waals surface area (Å²) in [5.41, 5.74) is 2.28. The molecule has 1 amide bonds. The van der Waals surface area contributed by atoms with E-state index in [0.29, 0.717) is 17.4 Å². The molecule has 31 heavy (non-hydrogen) atoms. The number of hydrogen-bond acceptors (Lipinski definition) is 5. The van der Waals surface area contributed by atoms with Crippen LogP contribution in [0.15, 0.2) is 23.6 Å². The van der Waals surface area contributed by atoms with Crippen molar-refractivity contribution < 1.29 is 9.18 Å². The molecule has 5 nitrogen and oxygen atoms in total. The Morgan fingerprint density at radius 3 is 2.61 bits per heavy atom. The number of aryl methyl sites for hydroxylation is 1. The second kappa shape index (κ2) is 10.1. The fraction of sp³-hybridized carbons (Fsp3) is 0.583. The third-order valence-electron chi connectivity index (χ3n) is 6.73. The van der Waals surface area contributed by atoms with E-state index in [2.05, 4.69) is 25.5 Å². The zero-order valence-electron chi connectivity index (χ0n) is 18.6. The molecule has 1 N–H and O–H groups in total. The third kappa shape index (κ3) is 5.63. The fourth-order valence-electron chi connectivity index (χ4n) is 4.84. The topological polar surface area (TPSA) is 48.5 Å². The van der Waals surface area contributed by atoms with Crippen molar-refractivity contribution in [2.45, 2.75) is 64.5 Å². The van der Waals surface area contributed by atoms with Crippen molar-refractivity contribution >= 4 is 28.6 Å². The highest BCUT2D eigenvalue weighted by Crippen LogP contribution is 2.30. The first kappa shape index (κ1) is 22.2. The molecule has 2 fully saturated rings. The highest BCUT2D eigenvalue weighted by atomic mass is 32.1. The van der Waals surface area contributed by atoms with E-state index in [1.165, 1.54) is 25.3 Å². The second-order valence-electron chi connectivity index (χ2n) is 8.97. The number of carbonyl (C=O) groups excluding carboxylic acids is 1. The number of halogens is 1. The number of nitrogens with zero attached hydrogens (tertiary/aromatic N) is 3. The van der Waals surface area contributed by atoms with Crippen LogP contribution in [-0.2, 0) is 11.3 Å². The standard InChI is InChI=1S/C24H33FN4OS/c1-17-26-20(16-31-17)15-29-12-10-18(11-13-29)24(30)27-19-8-9-23(22(25)14-19)28(2)21-6-4-3-5-7-21/h8-9,14,16,18,21H,3-7,10-13,15H2,1-2H3,(H,27,30). The first-order valence-electron chi connectivity index (χ1n) is 11.5. The van der Waals surface area contributed by atoms with Crippen LogP contribution < -0.4 is 10.2 Å². The van der Waals surface area contributed by atoms with Crippen LogP contribution in [0.25, 0.3) is 0 Å². The smallest absolute Gasteiger partial charge is 0.227 e. The molecule has 1 saturated carbocycles. The van der Waals surface area contributed by atoms with Gasteiger partial charge in [0.05, 0.1) is 16.4 Å². The highest BCUT2D eigenvalue weighted by Gasteiger charge is 2.26. The molecule has 7 heteroatoms. The zero-order chi connectivity index (χ0) is 21.8. The summed E-state index contributed by atoms with van der Waals surface area (Å²) in [7, 11) is 1.98. The van der Waals surface area contributed by atoms with Crippen LogP contribution >= 0.6 is 11.3 Å². The summed E-state index contributed by atoms with van der Waals surface area (Å²) < 4.78 is 14.8. The van der Waals surface area contributed by atoms with Crippen LogP contribution in [0.3, 0.4) is 0 Å². The second-order valence-corrected chi connectivity index (χ2v) is 10.0. The number of piperidine rings is 1. The number of amides is 1. The van der Waals surface area contributed by atoms with E-state index in [9.17, 15) is 9.18 Å². The zero-order valence-corrected chi connectivity index (χ0v) is 19.4. The monoisotopic (exact) mass is 444 g/mol. The van der Waals surface area contributed by atoms with Crippen molar-refractivity contribution in [2.75, 3.05) is 30.4 Å². The van der Waals surface area contributed by atoms with Gasteiger partial charge >= 0.3 is 0 Å². The van der Waals surface area contributed by atoms with E-state index in [1.54, 1.807) is 17.4 Å². The lowest BCUT2D eigenvalue weighted by Crippen LogP contribution is -2.37. The first-order chi connectivity index (χ1) is 15.0. The van der Waals surface area contributed by atoms with E-state index in [-0.39, 0.29) is 17.6 Å². The minimum atomic E-state index is -0.265. The molecule has 0 bridgehead atoms. The predicted molar refractivity (Wildman–Crippen MR) is 125 cm³/mol. The average Bonchev–Trinajstić information content (AvgIpc) is 3.19. The molecule has 0 spiro atoms. The molecule has 1 aliphatic carbocycles. The Morgan fingerprint density at radius 2 is 1.97 bits per heavy atom. The molecular weight excluding hydrogens is 411 g/mol. The van der Waals surface area contributed by atoms with Gasteiger partial charge in [-0.3, -0.25) is 9.69 Å². The summed E-state index contributed by atoms with van der Waals surface area (Å²) in [5, 5.41) is 6.14. The van der Waals surface area contributed by atoms with Crippen LogP contribution in [-0.4, -0.2) is 42.0 Å². The van der Waals surface area contributed by atoms with Gasteiger partial charge in [0.1, 0.15) is 5.82 Å². The van der Waals surface area contributed by atoms with Gasteiger partial charge in [0, 0.05) is 36.6 Å². The normalized spacial score (nSPS) is 18.8. The lowest BCUT2D eigenvalue weighted by Gasteiger charge is -2.33. The van der Waals surface area contributed by atoms with Gasteiger partial charge in [-0.15, -0.1) is 11.3 Å². The number of thiazole rings is 1. The third-order valence-corrected chi connectivity index (χ3v) is 7.55. The van der Waals surface area contributed by atoms with Gasteiger partial charge in [0.25, 0.3) is 0 Å². The van der Waals surface area contributed by atoms with E-state index in [1.807, 2.05) is 20.0 Å². The molecule has 0 radical (unpaired) electrons. The highest BCUT2D eigenvalue weighted by molar-refractivity contribution is 7.09. The lowest BCUT2D eigenvalue weighted by atomic mass is 9.94. The molecule has 4 rings (SSSR count). The molecular formula is C24H33FN4OS. The van der Waals surface area contributed by atoms with Gasteiger partial charge in [-0.2, -0.15) is 0 Å². The van der Waals surface area contributed by atoms with E-state index in [4.69, 9.17) is 0 Å². The van der Waals surface area contributed by atoms with E-state index < -0.39 is 0 Å².